The van der Waals surface area contributed by atoms with Gasteiger partial charge in [-0.25, -0.2) is 0 Å². The normalized spacial score (nSPS) is 12.4. The highest BCUT2D eigenvalue weighted by molar-refractivity contribution is 5.26. The molecule has 0 aliphatic carbocycles. The monoisotopic (exact) mass is 254 g/mol. The predicted octanol–water partition coefficient (Wildman–Crippen LogP) is -0.103. The highest BCUT2D eigenvalue weighted by atomic mass is 16.5. The lowest BCUT2D eigenvalue weighted by molar-refractivity contribution is -0.880. The zero-order valence-corrected chi connectivity index (χ0v) is 11.3. The van der Waals surface area contributed by atoms with Crippen molar-refractivity contribution in [1.82, 2.24) is 0 Å². The topological polar surface area (TPSA) is 43.1 Å². The van der Waals surface area contributed by atoms with Crippen molar-refractivity contribution in [1.29, 1.82) is 0 Å². The Labute approximate surface area is 109 Å². The molecule has 0 fully saturated rings. The van der Waals surface area contributed by atoms with Crippen molar-refractivity contribution in [2.75, 3.05) is 46.6 Å². The maximum absolute atomic E-state index is 8.74. The van der Waals surface area contributed by atoms with E-state index in [1.807, 2.05) is 31.3 Å². The second kappa shape index (κ2) is 8.91. The van der Waals surface area contributed by atoms with Crippen LogP contribution >= 0.6 is 0 Å². The van der Waals surface area contributed by atoms with Crippen LogP contribution in [0.5, 0.6) is 5.75 Å². The van der Waals surface area contributed by atoms with E-state index in [1.54, 1.807) is 0 Å². The summed E-state index contributed by atoms with van der Waals surface area (Å²) in [5, 5.41) is 8.74. The van der Waals surface area contributed by atoms with Gasteiger partial charge in [0, 0.05) is 0 Å². The third-order valence-corrected chi connectivity index (χ3v) is 2.73. The highest BCUT2D eigenvalue weighted by Gasteiger charge is 2.00. The van der Waals surface area contributed by atoms with Crippen molar-refractivity contribution in [2.24, 2.45) is 0 Å². The number of quaternary nitrogens is 1. The number of benzene rings is 1. The van der Waals surface area contributed by atoms with Crippen LogP contribution in [0.1, 0.15) is 5.56 Å². The van der Waals surface area contributed by atoms with Gasteiger partial charge in [-0.05, 0) is 19.1 Å². The summed E-state index contributed by atoms with van der Waals surface area (Å²) in [7, 11) is 2.04. The van der Waals surface area contributed by atoms with E-state index in [9.17, 15) is 0 Å². The molecule has 0 bridgehead atoms. The Morgan fingerprint density at radius 1 is 1.06 bits per heavy atom. The molecule has 0 heterocycles. The second-order valence-electron chi connectivity index (χ2n) is 4.45. The van der Waals surface area contributed by atoms with Gasteiger partial charge in [0.25, 0.3) is 0 Å². The molecule has 0 saturated carbocycles. The Morgan fingerprint density at radius 2 is 1.78 bits per heavy atom. The molecular weight excluding hydrogens is 230 g/mol. The maximum atomic E-state index is 8.74. The van der Waals surface area contributed by atoms with E-state index >= 15 is 0 Å². The Bertz CT molecular complexity index is 313. The zero-order chi connectivity index (χ0) is 13.2. The van der Waals surface area contributed by atoms with Crippen molar-refractivity contribution in [3.63, 3.8) is 0 Å². The smallest absolute Gasteiger partial charge is 0.119 e. The molecule has 4 nitrogen and oxygen atoms in total. The number of aryl methyl sites for hydroxylation is 1. The van der Waals surface area contributed by atoms with E-state index in [2.05, 4.69) is 6.92 Å². The molecule has 1 aromatic rings. The van der Waals surface area contributed by atoms with E-state index in [1.165, 1.54) is 10.5 Å². The van der Waals surface area contributed by atoms with Crippen LogP contribution in [0.3, 0.4) is 0 Å². The third kappa shape index (κ3) is 6.59. The zero-order valence-electron chi connectivity index (χ0n) is 11.3. The number of hydrogen-bond acceptors (Lipinski definition) is 3. The highest BCUT2D eigenvalue weighted by Crippen LogP contribution is 2.10. The molecule has 0 saturated heterocycles. The number of hydrogen-bond donors (Lipinski definition) is 2. The molecule has 0 aliphatic heterocycles. The van der Waals surface area contributed by atoms with Gasteiger partial charge < -0.3 is 19.5 Å². The van der Waals surface area contributed by atoms with Crippen molar-refractivity contribution < 1.29 is 19.5 Å². The predicted molar refractivity (Wildman–Crippen MR) is 71.2 cm³/mol. The number of aliphatic hydroxyl groups excluding tert-OH is 1. The molecule has 1 atom stereocenters. The molecule has 0 amide bonds. The summed E-state index contributed by atoms with van der Waals surface area (Å²) in [6.07, 6.45) is 0. The molecule has 1 unspecified atom stereocenters. The summed E-state index contributed by atoms with van der Waals surface area (Å²) in [6.45, 7) is 5.82. The molecule has 0 aromatic heterocycles. The molecule has 0 aliphatic rings. The molecular formula is C14H24NO3+. The van der Waals surface area contributed by atoms with Crippen LogP contribution in [0.25, 0.3) is 0 Å². The summed E-state index contributed by atoms with van der Waals surface area (Å²) in [5.41, 5.74) is 1.23. The van der Waals surface area contributed by atoms with Crippen LogP contribution < -0.4 is 9.64 Å². The van der Waals surface area contributed by atoms with Gasteiger partial charge in [0.05, 0.1) is 26.9 Å². The van der Waals surface area contributed by atoms with Crippen molar-refractivity contribution in [3.8, 4) is 5.75 Å². The van der Waals surface area contributed by atoms with E-state index in [4.69, 9.17) is 14.6 Å². The second-order valence-corrected chi connectivity index (χ2v) is 4.45. The number of ether oxygens (including phenoxy) is 2. The van der Waals surface area contributed by atoms with Crippen LogP contribution in [-0.4, -0.2) is 51.7 Å². The SMILES string of the molecule is Cc1ccc(OCCOCC[NH+](C)CCO)cc1. The fraction of sp³-hybridized carbons (Fsp3) is 0.571. The minimum Gasteiger partial charge on any atom is -0.491 e. The van der Waals surface area contributed by atoms with Crippen LogP contribution in [-0.2, 0) is 4.74 Å². The van der Waals surface area contributed by atoms with E-state index < -0.39 is 0 Å². The minimum absolute atomic E-state index is 0.225. The molecule has 1 aromatic carbocycles. The van der Waals surface area contributed by atoms with Crippen molar-refractivity contribution >= 4 is 0 Å². The summed E-state index contributed by atoms with van der Waals surface area (Å²) in [6, 6.07) is 8.00. The third-order valence-electron chi connectivity index (χ3n) is 2.73. The van der Waals surface area contributed by atoms with Crippen LogP contribution in [0.4, 0.5) is 0 Å². The fourth-order valence-electron chi connectivity index (χ4n) is 1.52. The summed E-state index contributed by atoms with van der Waals surface area (Å²) in [5.74, 6) is 0.882. The van der Waals surface area contributed by atoms with E-state index in [0.717, 1.165) is 18.8 Å². The maximum Gasteiger partial charge on any atom is 0.119 e. The van der Waals surface area contributed by atoms with Crippen LogP contribution in [0.15, 0.2) is 24.3 Å². The quantitative estimate of drug-likeness (QED) is 0.605. The van der Waals surface area contributed by atoms with Gasteiger partial charge in [0.1, 0.15) is 25.4 Å². The molecule has 1 rings (SSSR count). The first-order valence-corrected chi connectivity index (χ1v) is 6.41. The van der Waals surface area contributed by atoms with E-state index in [0.29, 0.717) is 19.8 Å². The number of aliphatic hydroxyl groups is 1. The summed E-state index contributed by atoms with van der Waals surface area (Å²) < 4.78 is 11.0. The molecule has 102 valence electrons. The molecule has 0 spiro atoms. The molecule has 0 radical (unpaired) electrons. The van der Waals surface area contributed by atoms with E-state index in [-0.39, 0.29) is 6.61 Å². The van der Waals surface area contributed by atoms with Crippen molar-refractivity contribution in [2.45, 2.75) is 6.92 Å². The fourth-order valence-corrected chi connectivity index (χ4v) is 1.52. The average molecular weight is 254 g/mol. The number of rotatable bonds is 9. The minimum atomic E-state index is 0.225. The molecule has 4 heteroatoms. The lowest BCUT2D eigenvalue weighted by Gasteiger charge is -2.12. The lowest BCUT2D eigenvalue weighted by atomic mass is 10.2. The van der Waals surface area contributed by atoms with Crippen LogP contribution in [0, 0.1) is 6.92 Å². The number of nitrogens with one attached hydrogen (secondary N) is 1. The first-order chi connectivity index (χ1) is 8.72. The Kier molecular flexibility index (Phi) is 7.41. The molecule has 18 heavy (non-hydrogen) atoms. The first kappa shape index (κ1) is 15.0. The van der Waals surface area contributed by atoms with Crippen molar-refractivity contribution in [3.05, 3.63) is 29.8 Å². The van der Waals surface area contributed by atoms with Gasteiger partial charge in [-0.2, -0.15) is 0 Å². The van der Waals surface area contributed by atoms with Gasteiger partial charge >= 0.3 is 0 Å². The van der Waals surface area contributed by atoms with Crippen LogP contribution in [0.2, 0.25) is 0 Å². The lowest BCUT2D eigenvalue weighted by Crippen LogP contribution is -3.10. The number of likely N-dealkylation sites (N-methyl/N-ethyl adjacent to an activating group) is 1. The Morgan fingerprint density at radius 3 is 2.44 bits per heavy atom. The van der Waals surface area contributed by atoms with Gasteiger partial charge in [0.2, 0.25) is 0 Å². The summed E-state index contributed by atoms with van der Waals surface area (Å²) >= 11 is 0. The standard InChI is InChI=1S/C14H23NO3/c1-13-3-5-14(6-4-13)18-12-11-17-10-8-15(2)7-9-16/h3-6,16H,7-12H2,1-2H3/p+1. The Hall–Kier alpha value is -1.10. The Balaban J connectivity index is 2.00. The average Bonchev–Trinajstić information content (AvgIpc) is 2.36. The van der Waals surface area contributed by atoms with Gasteiger partial charge in [0.15, 0.2) is 0 Å². The van der Waals surface area contributed by atoms with Gasteiger partial charge in [-0.1, -0.05) is 17.7 Å². The largest absolute Gasteiger partial charge is 0.491 e. The first-order valence-electron chi connectivity index (χ1n) is 6.41. The van der Waals surface area contributed by atoms with Gasteiger partial charge in [-0.15, -0.1) is 0 Å². The molecule has 2 N–H and O–H groups in total. The summed E-state index contributed by atoms with van der Waals surface area (Å²) in [4.78, 5) is 1.27. The van der Waals surface area contributed by atoms with Gasteiger partial charge in [-0.3, -0.25) is 0 Å².